The quantitative estimate of drug-likeness (QED) is 0.541. The van der Waals surface area contributed by atoms with Gasteiger partial charge < -0.3 is 15.4 Å². The van der Waals surface area contributed by atoms with Crippen LogP contribution in [0.25, 0.3) is 0 Å². The smallest absolute Gasteiger partial charge is 0.298 e. The molecule has 4 rings (SSSR count). The van der Waals surface area contributed by atoms with Gasteiger partial charge in [-0.05, 0) is 65.4 Å². The molecule has 0 saturated carbocycles. The number of halogens is 1. The van der Waals surface area contributed by atoms with Gasteiger partial charge >= 0.3 is 0 Å². The minimum atomic E-state index is -0.453. The second-order valence-electron chi connectivity index (χ2n) is 8.26. The van der Waals surface area contributed by atoms with Gasteiger partial charge in [0, 0.05) is 16.9 Å². The fraction of sp³-hybridized carbons (Fsp3) is 0.200. The summed E-state index contributed by atoms with van der Waals surface area (Å²) in [5.74, 6) is -0.311. The molecule has 0 radical (unpaired) electrons. The number of carbonyl (C=O) groups excluding carboxylic acids is 2. The van der Waals surface area contributed by atoms with Gasteiger partial charge in [0.2, 0.25) is 0 Å². The number of amides is 1. The third-order valence-electron chi connectivity index (χ3n) is 5.62. The molecule has 1 heterocycles. The fourth-order valence-corrected chi connectivity index (χ4v) is 4.12. The van der Waals surface area contributed by atoms with E-state index in [1.54, 1.807) is 12.1 Å². The first-order chi connectivity index (χ1) is 14.9. The Morgan fingerprint density at radius 2 is 1.94 bits per heavy atom. The van der Waals surface area contributed by atoms with Crippen molar-refractivity contribution in [3.8, 4) is 5.75 Å². The van der Waals surface area contributed by atoms with E-state index in [0.717, 1.165) is 23.2 Å². The molecule has 0 saturated heterocycles. The number of fused-ring (bicyclic) bond motifs is 1. The van der Waals surface area contributed by atoms with Crippen molar-refractivity contribution in [1.29, 1.82) is 0 Å². The monoisotopic (exact) mass is 418 g/mol. The van der Waals surface area contributed by atoms with Crippen LogP contribution in [0.2, 0.25) is 0 Å². The predicted octanol–water partition coefficient (Wildman–Crippen LogP) is 5.45. The maximum absolute atomic E-state index is 13.5. The van der Waals surface area contributed by atoms with Crippen LogP contribution in [0.5, 0.6) is 5.75 Å². The van der Waals surface area contributed by atoms with Crippen LogP contribution < -0.4 is 15.4 Å². The highest BCUT2D eigenvalue weighted by Gasteiger charge is 2.34. The second-order valence-corrected chi connectivity index (χ2v) is 8.26. The fourth-order valence-electron chi connectivity index (χ4n) is 4.12. The lowest BCUT2D eigenvalue weighted by Crippen LogP contribution is -2.31. The third kappa shape index (κ3) is 4.28. The minimum absolute atomic E-state index is 0.0515. The van der Waals surface area contributed by atoms with Gasteiger partial charge in [0.05, 0.1) is 6.04 Å². The number of carbonyl (C=O) groups is 2. The van der Waals surface area contributed by atoms with Crippen molar-refractivity contribution in [1.82, 2.24) is 0 Å². The number of hydrogen-bond donors (Lipinski definition) is 2. The molecule has 1 aliphatic heterocycles. The van der Waals surface area contributed by atoms with E-state index in [1.807, 2.05) is 36.4 Å². The predicted molar refractivity (Wildman–Crippen MR) is 118 cm³/mol. The summed E-state index contributed by atoms with van der Waals surface area (Å²) < 4.78 is 18.5. The zero-order chi connectivity index (χ0) is 22.0. The number of hydrogen-bond acceptors (Lipinski definition) is 4. The number of ether oxygens (including phenoxy) is 1. The summed E-state index contributed by atoms with van der Waals surface area (Å²) >= 11 is 0. The molecule has 0 fully saturated rings. The third-order valence-corrected chi connectivity index (χ3v) is 5.62. The summed E-state index contributed by atoms with van der Waals surface area (Å²) in [7, 11) is 0. The molecular formula is C25H23FN2O3. The van der Waals surface area contributed by atoms with Gasteiger partial charge in [-0.2, -0.15) is 0 Å². The van der Waals surface area contributed by atoms with Crippen LogP contribution in [-0.4, -0.2) is 12.4 Å². The van der Waals surface area contributed by atoms with Crippen molar-refractivity contribution in [3.63, 3.8) is 0 Å². The van der Waals surface area contributed by atoms with Gasteiger partial charge in [0.25, 0.3) is 12.4 Å². The number of anilines is 2. The first kappa shape index (κ1) is 20.6. The Morgan fingerprint density at radius 3 is 2.71 bits per heavy atom. The molecule has 3 aromatic carbocycles. The molecule has 0 spiro atoms. The maximum atomic E-state index is 13.5. The Balaban J connectivity index is 1.64. The van der Waals surface area contributed by atoms with E-state index in [9.17, 15) is 14.0 Å². The molecule has 0 aliphatic carbocycles. The lowest BCUT2D eigenvalue weighted by atomic mass is 9.74. The maximum Gasteiger partial charge on any atom is 0.298 e. The number of rotatable bonds is 5. The Hall–Kier alpha value is -3.67. The zero-order valence-corrected chi connectivity index (χ0v) is 17.3. The largest absolute Gasteiger partial charge is 0.429 e. The number of nitrogens with one attached hydrogen (secondary N) is 2. The van der Waals surface area contributed by atoms with E-state index in [4.69, 9.17) is 4.74 Å². The van der Waals surface area contributed by atoms with Crippen molar-refractivity contribution in [2.75, 3.05) is 10.6 Å². The molecule has 6 heteroatoms. The van der Waals surface area contributed by atoms with Gasteiger partial charge in [-0.1, -0.05) is 38.1 Å². The van der Waals surface area contributed by atoms with Crippen LogP contribution in [0, 0.1) is 5.82 Å². The van der Waals surface area contributed by atoms with E-state index < -0.39 is 5.82 Å². The molecular weight excluding hydrogens is 395 g/mol. The normalized spacial score (nSPS) is 16.5. The van der Waals surface area contributed by atoms with Crippen molar-refractivity contribution < 1.29 is 18.7 Å². The Kier molecular flexibility index (Phi) is 5.46. The highest BCUT2D eigenvalue weighted by Crippen LogP contribution is 2.46. The molecule has 0 aromatic heterocycles. The minimum Gasteiger partial charge on any atom is -0.429 e. The molecule has 158 valence electrons. The SMILES string of the molecule is CC1(C)CC(c2ccccc2NC(=O)c2cccc(F)c2)Nc2ccc(OC=O)cc21. The van der Waals surface area contributed by atoms with Crippen LogP contribution >= 0.6 is 0 Å². The Morgan fingerprint density at radius 1 is 1.13 bits per heavy atom. The summed E-state index contributed by atoms with van der Waals surface area (Å²) in [5.41, 5.74) is 3.69. The molecule has 0 bridgehead atoms. The zero-order valence-electron chi connectivity index (χ0n) is 17.3. The van der Waals surface area contributed by atoms with Crippen molar-refractivity contribution in [2.45, 2.75) is 31.7 Å². The Bertz CT molecular complexity index is 1140. The van der Waals surface area contributed by atoms with Crippen molar-refractivity contribution in [3.05, 3.63) is 89.2 Å². The van der Waals surface area contributed by atoms with Crippen molar-refractivity contribution in [2.24, 2.45) is 0 Å². The van der Waals surface area contributed by atoms with E-state index in [-0.39, 0.29) is 22.9 Å². The molecule has 1 amide bonds. The van der Waals surface area contributed by atoms with Gasteiger partial charge in [0.15, 0.2) is 0 Å². The van der Waals surface area contributed by atoms with Crippen LogP contribution in [-0.2, 0) is 10.2 Å². The summed E-state index contributed by atoms with van der Waals surface area (Å²) in [5, 5.41) is 6.47. The van der Waals surface area contributed by atoms with Gasteiger partial charge in [-0.15, -0.1) is 0 Å². The summed E-state index contributed by atoms with van der Waals surface area (Å²) in [6.07, 6.45) is 0.761. The van der Waals surface area contributed by atoms with Gasteiger partial charge in [-0.25, -0.2) is 4.39 Å². The molecule has 1 unspecified atom stereocenters. The number of para-hydroxylation sites is 1. The lowest BCUT2D eigenvalue weighted by molar-refractivity contribution is -0.120. The van der Waals surface area contributed by atoms with Crippen LogP contribution in [0.15, 0.2) is 66.7 Å². The van der Waals surface area contributed by atoms with E-state index in [0.29, 0.717) is 17.9 Å². The van der Waals surface area contributed by atoms with Crippen LogP contribution in [0.4, 0.5) is 15.8 Å². The van der Waals surface area contributed by atoms with E-state index >= 15 is 0 Å². The first-order valence-electron chi connectivity index (χ1n) is 10.0. The van der Waals surface area contributed by atoms with Gasteiger partial charge in [0.1, 0.15) is 11.6 Å². The Labute approximate surface area is 180 Å². The van der Waals surface area contributed by atoms with Gasteiger partial charge in [-0.3, -0.25) is 9.59 Å². The second kappa shape index (κ2) is 8.22. The average molecular weight is 418 g/mol. The highest BCUT2D eigenvalue weighted by molar-refractivity contribution is 6.04. The van der Waals surface area contributed by atoms with E-state index in [1.165, 1.54) is 18.2 Å². The van der Waals surface area contributed by atoms with E-state index in [2.05, 4.69) is 24.5 Å². The average Bonchev–Trinajstić information content (AvgIpc) is 2.74. The van der Waals surface area contributed by atoms with Crippen LogP contribution in [0.1, 0.15) is 47.8 Å². The molecule has 5 nitrogen and oxygen atoms in total. The number of benzene rings is 3. The topological polar surface area (TPSA) is 67.4 Å². The van der Waals surface area contributed by atoms with Crippen LogP contribution in [0.3, 0.4) is 0 Å². The highest BCUT2D eigenvalue weighted by atomic mass is 19.1. The summed E-state index contributed by atoms with van der Waals surface area (Å²) in [6.45, 7) is 4.70. The first-order valence-corrected chi connectivity index (χ1v) is 10.0. The molecule has 3 aromatic rings. The molecule has 2 N–H and O–H groups in total. The molecule has 1 atom stereocenters. The van der Waals surface area contributed by atoms with Crippen molar-refractivity contribution >= 4 is 23.8 Å². The molecule has 1 aliphatic rings. The summed E-state index contributed by atoms with van der Waals surface area (Å²) in [6, 6.07) is 18.7. The molecule has 31 heavy (non-hydrogen) atoms. The standard InChI is InChI=1S/C25H23FN2O3/c1-25(2)14-23(27-22-11-10-18(31-15-29)13-20(22)25)19-8-3-4-9-21(19)28-24(30)16-6-5-7-17(26)12-16/h3-13,15,23,27H,14H2,1-2H3,(H,28,30). The lowest BCUT2D eigenvalue weighted by Gasteiger charge is -2.39. The summed E-state index contributed by atoms with van der Waals surface area (Å²) in [4.78, 5) is 23.4.